The summed E-state index contributed by atoms with van der Waals surface area (Å²) >= 11 is 0. The first kappa shape index (κ1) is 87.9. The minimum absolute atomic E-state index is 0.0257. The number of aromatic nitrogens is 3. The summed E-state index contributed by atoms with van der Waals surface area (Å²) in [5.74, 6) is -9.75. The maximum Gasteiger partial charge on any atom is 0.246 e. The molecule has 102 heavy (non-hydrogen) atoms. The van der Waals surface area contributed by atoms with Gasteiger partial charge in [0.2, 0.25) is 65.0 Å². The molecule has 0 aromatic carbocycles. The van der Waals surface area contributed by atoms with Gasteiger partial charge in [0.25, 0.3) is 0 Å². The van der Waals surface area contributed by atoms with Crippen LogP contribution in [0.5, 0.6) is 0 Å². The van der Waals surface area contributed by atoms with Crippen molar-refractivity contribution < 1.29 is 67.4 Å². The molecular weight excluding hydrogens is 1310 g/mol. The Morgan fingerprint density at radius 2 is 1.16 bits per heavy atom. The highest BCUT2D eigenvalue weighted by atomic mass is 16.6. The van der Waals surface area contributed by atoms with E-state index in [2.05, 4.69) is 36.5 Å². The van der Waals surface area contributed by atoms with Crippen LogP contribution in [0.25, 0.3) is 5.82 Å². The fourth-order valence-electron chi connectivity index (χ4n) is 12.3. The summed E-state index contributed by atoms with van der Waals surface area (Å²) in [6.07, 6.45) is 9.03. The largest absolute Gasteiger partial charge is 0.391 e. The number of amides is 11. The number of unbranched alkanes of at least 4 members (excludes halogenated alkanes) is 1. The Kier molecular flexibility index (Phi) is 35.9. The third-order valence-electron chi connectivity index (χ3n) is 18.5. The van der Waals surface area contributed by atoms with E-state index in [1.807, 2.05) is 47.6 Å². The molecule has 1 fully saturated rings. The molecule has 1 aliphatic heterocycles. The molecule has 0 unspecified atom stereocenters. The maximum absolute atomic E-state index is 15.3. The number of hydrogen-bond acceptors (Lipinski definition) is 17. The molecule has 572 valence electrons. The standard InChI is InChI=1S/C73H121N15O14/c1-24-26-30-48(13)63(90)62-67(94)79-53(25-2)69(96)81(17)41-58(89)85(21)61(51(16)101-36-28-27-34-76-102-42-52-31-32-57(74-40-52)88-35-29-33-75-88)66(93)80-59(46(9)10)72(99)82(18)54(37-43(3)4)65(92)77-49(14)64(91)78-50(15)68(95)83(19)55(38-44(5)6)70(97)84(20)56(39-45(7)8)71(98)86(22)60(47(11)12)73(100)87(62)23/h24,26,29,31-35,40,43-51,53-56,59-63,90H,25,27-28,30,36-39,41-42H2,1-23H3,(H,77,92)(H,78,91)(H,79,94)(H,80,93)/b26-24+,76-34+/t48-,49+,50-,51-,53+,54+,55+,56+,59+,60+,61+,62+,63-/m1/s1. The summed E-state index contributed by atoms with van der Waals surface area (Å²) < 4.78 is 7.90. The molecule has 0 bridgehead atoms. The number of carbonyl (C=O) groups excluding carboxylic acids is 11. The van der Waals surface area contributed by atoms with Crippen molar-refractivity contribution in [1.82, 2.24) is 70.3 Å². The number of nitrogens with zero attached hydrogens (tertiary/aromatic N) is 11. The quantitative estimate of drug-likeness (QED) is 0.0451. The van der Waals surface area contributed by atoms with Gasteiger partial charge < -0.3 is 70.2 Å². The number of oxime groups is 1. The second-order valence-electron chi connectivity index (χ2n) is 29.1. The van der Waals surface area contributed by atoms with Gasteiger partial charge in [-0.1, -0.05) is 106 Å². The van der Waals surface area contributed by atoms with Crippen molar-refractivity contribution >= 4 is 71.2 Å². The second-order valence-corrected chi connectivity index (χ2v) is 29.1. The molecule has 0 saturated carbocycles. The number of hydrogen-bond donors (Lipinski definition) is 5. The van der Waals surface area contributed by atoms with Crippen molar-refractivity contribution in [3.05, 3.63) is 54.5 Å². The molecule has 5 N–H and O–H groups in total. The van der Waals surface area contributed by atoms with Crippen LogP contribution >= 0.6 is 0 Å². The van der Waals surface area contributed by atoms with Crippen LogP contribution in [0.3, 0.4) is 0 Å². The zero-order valence-electron chi connectivity index (χ0n) is 64.8. The van der Waals surface area contributed by atoms with Gasteiger partial charge in [0.1, 0.15) is 67.0 Å². The van der Waals surface area contributed by atoms with Crippen molar-refractivity contribution in [1.29, 1.82) is 0 Å². The number of allylic oxidation sites excluding steroid dienone is 2. The van der Waals surface area contributed by atoms with Crippen molar-refractivity contribution in [3.63, 3.8) is 0 Å². The molecule has 2 aromatic rings. The maximum atomic E-state index is 15.3. The lowest BCUT2D eigenvalue weighted by atomic mass is 9.91. The summed E-state index contributed by atoms with van der Waals surface area (Å²) in [5.41, 5.74) is 0.774. The second kappa shape index (κ2) is 41.7. The van der Waals surface area contributed by atoms with E-state index in [4.69, 9.17) is 9.57 Å². The minimum atomic E-state index is -1.65. The van der Waals surface area contributed by atoms with E-state index in [1.54, 1.807) is 109 Å². The third kappa shape index (κ3) is 25.0. The lowest BCUT2D eigenvalue weighted by Gasteiger charge is -2.41. The van der Waals surface area contributed by atoms with E-state index in [0.29, 0.717) is 18.7 Å². The van der Waals surface area contributed by atoms with Gasteiger partial charge in [-0.3, -0.25) is 52.7 Å². The highest BCUT2D eigenvalue weighted by molar-refractivity contribution is 5.99. The SMILES string of the molecule is C/C=C/C[C@@H](C)[C@@H](O)[C@H]1C(=O)N[C@@H](CC)C(=O)N(C)CC(=O)N(C)[C@@H]([C@@H](C)OCCC/C=N/OCc2ccc(-n3cccn3)nc2)C(=O)N[C@@H](C(C)C)C(=O)N(C)[C@@H](CC(C)C)C(=O)N[C@@H](C)C(=O)N[C@H](C)C(=O)N(C)[C@@H](CC(C)C)C(=O)N(C)[C@@H](CC(C)C)C(=O)N(C)[C@@H](C(C)C)C(=O)N1C. The van der Waals surface area contributed by atoms with Gasteiger partial charge in [0.15, 0.2) is 5.82 Å². The molecule has 0 spiro atoms. The molecule has 0 aliphatic carbocycles. The molecule has 3 rings (SSSR count). The average Bonchev–Trinajstić information content (AvgIpc) is 0.809. The first-order chi connectivity index (χ1) is 47.7. The molecule has 0 radical (unpaired) electrons. The summed E-state index contributed by atoms with van der Waals surface area (Å²) in [6.45, 7) is 27.1. The zero-order valence-corrected chi connectivity index (χ0v) is 64.8. The highest BCUT2D eigenvalue weighted by Gasteiger charge is 2.46. The van der Waals surface area contributed by atoms with Crippen LogP contribution < -0.4 is 21.3 Å². The van der Waals surface area contributed by atoms with Crippen molar-refractivity contribution in [3.8, 4) is 5.82 Å². The predicted molar refractivity (Wildman–Crippen MR) is 388 cm³/mol. The number of rotatable bonds is 23. The Bertz CT molecular complexity index is 3140. The van der Waals surface area contributed by atoms with E-state index in [0.717, 1.165) is 20.3 Å². The average molecular weight is 1430 g/mol. The fraction of sp³-hybridized carbons (Fsp3) is 0.699. The lowest BCUT2D eigenvalue weighted by Crippen LogP contribution is -2.63. The van der Waals surface area contributed by atoms with Gasteiger partial charge in [-0.15, -0.1) is 0 Å². The van der Waals surface area contributed by atoms with Crippen molar-refractivity contribution in [2.45, 2.75) is 235 Å². The number of aliphatic hydroxyl groups is 1. The highest BCUT2D eigenvalue weighted by Crippen LogP contribution is 2.26. The van der Waals surface area contributed by atoms with E-state index in [9.17, 15) is 33.9 Å². The summed E-state index contributed by atoms with van der Waals surface area (Å²) in [4.78, 5) is 181. The molecule has 3 heterocycles. The monoisotopic (exact) mass is 1430 g/mol. The molecular formula is C73H121N15O14. The Balaban J connectivity index is 2.22. The summed E-state index contributed by atoms with van der Waals surface area (Å²) in [5, 5.41) is 31.5. The van der Waals surface area contributed by atoms with Gasteiger partial charge >= 0.3 is 0 Å². The predicted octanol–water partition coefficient (Wildman–Crippen LogP) is 4.19. The molecule has 1 saturated heterocycles. The Morgan fingerprint density at radius 3 is 1.69 bits per heavy atom. The van der Waals surface area contributed by atoms with Crippen LogP contribution in [0.15, 0.2) is 54.1 Å². The van der Waals surface area contributed by atoms with Crippen LogP contribution in [-0.4, -0.2) is 260 Å². The van der Waals surface area contributed by atoms with Crippen LogP contribution in [-0.2, 0) is 68.9 Å². The topological polar surface area (TPSA) is 340 Å². The lowest BCUT2D eigenvalue weighted by molar-refractivity contribution is -0.157. The summed E-state index contributed by atoms with van der Waals surface area (Å²) in [6, 6.07) is -7.67. The van der Waals surface area contributed by atoms with Gasteiger partial charge in [-0.25, -0.2) is 9.67 Å². The molecule has 11 amide bonds. The number of pyridine rings is 1. The molecule has 13 atom stereocenters. The van der Waals surface area contributed by atoms with E-state index >= 15 is 24.0 Å². The van der Waals surface area contributed by atoms with Gasteiger partial charge in [-0.05, 0) is 120 Å². The van der Waals surface area contributed by atoms with E-state index < -0.39 is 162 Å². The van der Waals surface area contributed by atoms with E-state index in [-0.39, 0.29) is 63.1 Å². The van der Waals surface area contributed by atoms with Crippen LogP contribution in [0.4, 0.5) is 0 Å². The number of ether oxygens (including phenoxy) is 1. The molecule has 2 aromatic heterocycles. The van der Waals surface area contributed by atoms with Crippen molar-refractivity contribution in [2.24, 2.45) is 40.7 Å². The molecule has 29 nitrogen and oxygen atoms in total. The minimum Gasteiger partial charge on any atom is -0.391 e. The molecule has 1 aliphatic rings. The summed E-state index contributed by atoms with van der Waals surface area (Å²) in [7, 11) is 9.76. The molecule has 29 heteroatoms. The van der Waals surface area contributed by atoms with Gasteiger partial charge in [0, 0.05) is 86.3 Å². The van der Waals surface area contributed by atoms with Gasteiger partial charge in [0.05, 0.1) is 18.8 Å². The normalized spacial score (nSPS) is 24.7. The van der Waals surface area contributed by atoms with Crippen LogP contribution in [0, 0.1) is 35.5 Å². The smallest absolute Gasteiger partial charge is 0.246 e. The Labute approximate surface area is 605 Å². The Morgan fingerprint density at radius 1 is 0.608 bits per heavy atom. The Hall–Kier alpha value is -8.34. The first-order valence-electron chi connectivity index (χ1n) is 35.8. The van der Waals surface area contributed by atoms with Crippen LogP contribution in [0.2, 0.25) is 0 Å². The van der Waals surface area contributed by atoms with Gasteiger partial charge in [-0.2, -0.15) is 5.10 Å². The first-order valence-corrected chi connectivity index (χ1v) is 35.8. The third-order valence-corrected chi connectivity index (χ3v) is 18.5. The van der Waals surface area contributed by atoms with Crippen LogP contribution in [0.1, 0.15) is 161 Å². The fourth-order valence-corrected chi connectivity index (χ4v) is 12.3. The number of aliphatic hydroxyl groups excluding tert-OH is 1. The zero-order chi connectivity index (χ0) is 77.3. The number of carbonyl (C=O) groups is 11. The van der Waals surface area contributed by atoms with Crippen molar-refractivity contribution in [2.75, 3.05) is 62.5 Å². The van der Waals surface area contributed by atoms with E-state index in [1.165, 1.54) is 82.8 Å². The number of nitrogens with one attached hydrogen (secondary N) is 4. The number of likely N-dealkylation sites (N-methyl/N-ethyl adjacent to an activating group) is 7.